The van der Waals surface area contributed by atoms with Crippen molar-refractivity contribution in [3.8, 4) is 5.69 Å². The molecule has 0 bridgehead atoms. The van der Waals surface area contributed by atoms with Crippen molar-refractivity contribution < 1.29 is 9.59 Å². The first-order valence-corrected chi connectivity index (χ1v) is 16.1. The lowest BCUT2D eigenvalue weighted by molar-refractivity contribution is -0.138. The number of aromatic nitrogens is 2. The zero-order chi connectivity index (χ0) is 30.2. The molecule has 1 aliphatic rings. The molecule has 7 nitrogen and oxygen atoms in total. The van der Waals surface area contributed by atoms with Gasteiger partial charge in [0.1, 0.15) is 11.1 Å². The average molecular weight is 654 g/mol. The lowest BCUT2D eigenvalue weighted by atomic mass is 10.0. The third-order valence-electron chi connectivity index (χ3n) is 7.38. The molecule has 1 aliphatic heterocycles. The first-order chi connectivity index (χ1) is 20.2. The largest absolute Gasteiger partial charge is 0.274 e. The monoisotopic (exact) mass is 652 g/mol. The highest BCUT2D eigenvalue weighted by Crippen LogP contribution is 2.34. The number of amides is 2. The van der Waals surface area contributed by atoms with Gasteiger partial charge in [0.05, 0.1) is 22.2 Å². The lowest BCUT2D eigenvalue weighted by Gasteiger charge is -2.30. The summed E-state index contributed by atoms with van der Waals surface area (Å²) in [6.07, 6.45) is 13.2. The zero-order valence-electron chi connectivity index (χ0n) is 23.7. The van der Waals surface area contributed by atoms with Crippen LogP contribution in [0.1, 0.15) is 83.1 Å². The van der Waals surface area contributed by atoms with Crippen molar-refractivity contribution >= 4 is 69.7 Å². The molecule has 0 radical (unpaired) electrons. The number of hydrogen-bond donors (Lipinski definition) is 1. The van der Waals surface area contributed by atoms with Crippen molar-refractivity contribution in [3.05, 3.63) is 73.4 Å². The van der Waals surface area contributed by atoms with Crippen LogP contribution in [-0.2, 0) is 16.0 Å². The van der Waals surface area contributed by atoms with Gasteiger partial charge in [-0.15, -0.1) is 11.6 Å². The first-order valence-electron chi connectivity index (χ1n) is 14.6. The van der Waals surface area contributed by atoms with E-state index >= 15 is 0 Å². The van der Waals surface area contributed by atoms with Gasteiger partial charge >= 0.3 is 0 Å². The van der Waals surface area contributed by atoms with Crippen LogP contribution in [0.25, 0.3) is 5.69 Å². The van der Waals surface area contributed by atoms with Crippen LogP contribution in [-0.4, -0.2) is 32.0 Å². The summed E-state index contributed by atoms with van der Waals surface area (Å²) in [5.41, 5.74) is 1.30. The van der Waals surface area contributed by atoms with Gasteiger partial charge in [-0.3, -0.25) is 19.5 Å². The Morgan fingerprint density at radius 3 is 2.07 bits per heavy atom. The number of alkyl halides is 1. The van der Waals surface area contributed by atoms with E-state index in [0.29, 0.717) is 10.7 Å². The minimum atomic E-state index is -0.996. The maximum atomic E-state index is 13.1. The Bertz CT molecular complexity index is 1430. The highest BCUT2D eigenvalue weighted by molar-refractivity contribution is 6.40. The van der Waals surface area contributed by atoms with Gasteiger partial charge in [-0.2, -0.15) is 5.01 Å². The number of H-pyrrole nitrogens is 1. The van der Waals surface area contributed by atoms with Crippen molar-refractivity contribution in [2.75, 3.05) is 5.01 Å². The molecule has 2 amide bonds. The number of carbonyl (C=O) groups is 2. The van der Waals surface area contributed by atoms with E-state index in [9.17, 15) is 14.4 Å². The van der Waals surface area contributed by atoms with Gasteiger partial charge in [-0.05, 0) is 42.7 Å². The van der Waals surface area contributed by atoms with Crippen molar-refractivity contribution in [1.29, 1.82) is 0 Å². The van der Waals surface area contributed by atoms with Crippen molar-refractivity contribution in [2.45, 2.75) is 89.4 Å². The summed E-state index contributed by atoms with van der Waals surface area (Å²) >= 11 is 25.0. The fourth-order valence-electron chi connectivity index (χ4n) is 5.22. The number of nitrogens with one attached hydrogen (secondary N) is 1. The van der Waals surface area contributed by atoms with E-state index in [1.165, 1.54) is 74.6 Å². The van der Waals surface area contributed by atoms with Gasteiger partial charge in [-0.25, -0.2) is 9.69 Å². The maximum absolute atomic E-state index is 13.1. The smallest absolute Gasteiger partial charge is 0.273 e. The molecule has 3 aromatic rings. The van der Waals surface area contributed by atoms with E-state index in [0.717, 1.165) is 34.5 Å². The molecule has 11 heteroatoms. The standard InChI is InChI=1S/C31H36Cl4N4O3/c1-2-3-4-5-6-7-8-9-10-11-13-21-14-12-15-23(16-21)38(39-29(41)19-26(35)31(39)42)27-20-28(40)37(36-27)30-24(33)17-22(32)18-25(30)34/h12,14-18,20,26,36H,2-11,13,19H2,1H3. The molecule has 1 atom stereocenters. The summed E-state index contributed by atoms with van der Waals surface area (Å²) in [6.45, 7) is 2.24. The highest BCUT2D eigenvalue weighted by Gasteiger charge is 2.42. The Hall–Kier alpha value is -2.45. The predicted molar refractivity (Wildman–Crippen MR) is 172 cm³/mol. The minimum absolute atomic E-state index is 0.144. The number of carbonyl (C=O) groups excluding carboxylic acids is 2. The van der Waals surface area contributed by atoms with Crippen LogP contribution in [0.3, 0.4) is 0 Å². The van der Waals surface area contributed by atoms with Crippen molar-refractivity contribution in [2.24, 2.45) is 0 Å². The fraction of sp³-hybridized carbons (Fsp3) is 0.452. The second-order valence-electron chi connectivity index (χ2n) is 10.7. The number of unbranched alkanes of at least 4 members (excludes halogenated alkanes) is 9. The van der Waals surface area contributed by atoms with E-state index in [1.807, 2.05) is 18.2 Å². The molecule has 226 valence electrons. The molecule has 4 rings (SSSR count). The third-order valence-corrected chi connectivity index (χ3v) is 8.52. The van der Waals surface area contributed by atoms with Gasteiger partial charge in [-0.1, -0.05) is 112 Å². The number of benzene rings is 2. The van der Waals surface area contributed by atoms with Gasteiger partial charge < -0.3 is 0 Å². The summed E-state index contributed by atoms with van der Waals surface area (Å²) in [7, 11) is 0. The van der Waals surface area contributed by atoms with E-state index in [-0.39, 0.29) is 28.0 Å². The normalized spacial score (nSPS) is 15.2. The Labute approximate surface area is 266 Å². The molecule has 0 spiro atoms. The van der Waals surface area contributed by atoms with E-state index in [2.05, 4.69) is 12.0 Å². The number of anilines is 2. The average Bonchev–Trinajstić information content (AvgIpc) is 3.43. The van der Waals surface area contributed by atoms with Crippen LogP contribution in [0, 0.1) is 0 Å². The fourth-order valence-corrected chi connectivity index (χ4v) is 6.43. The van der Waals surface area contributed by atoms with Crippen LogP contribution in [0.15, 0.2) is 47.3 Å². The molecule has 0 saturated carbocycles. The van der Waals surface area contributed by atoms with Gasteiger partial charge in [0, 0.05) is 11.1 Å². The first kappa shape index (κ1) is 32.5. The molecule has 42 heavy (non-hydrogen) atoms. The molecule has 2 heterocycles. The SMILES string of the molecule is CCCCCCCCCCCCc1cccc(N(c2cc(=O)n(-c3c(Cl)cc(Cl)cc3Cl)[nH]2)N2C(=O)CC(Cl)C2=O)c1. The Morgan fingerprint density at radius 2 is 1.48 bits per heavy atom. The van der Waals surface area contributed by atoms with Crippen LogP contribution in [0.4, 0.5) is 11.5 Å². The van der Waals surface area contributed by atoms with Crippen LogP contribution in [0.2, 0.25) is 15.1 Å². The van der Waals surface area contributed by atoms with Crippen molar-refractivity contribution in [3.63, 3.8) is 0 Å². The minimum Gasteiger partial charge on any atom is -0.274 e. The topological polar surface area (TPSA) is 78.4 Å². The Kier molecular flexibility index (Phi) is 11.8. The number of imide groups is 1. The molecule has 1 saturated heterocycles. The number of aryl methyl sites for hydroxylation is 1. The summed E-state index contributed by atoms with van der Waals surface area (Å²) in [6, 6.07) is 11.8. The molecule has 0 aliphatic carbocycles. The second-order valence-corrected chi connectivity index (χ2v) is 12.4. The number of rotatable bonds is 15. The summed E-state index contributed by atoms with van der Waals surface area (Å²) in [4.78, 5) is 39.1. The quantitative estimate of drug-likeness (QED) is 0.101. The third kappa shape index (κ3) is 7.93. The second kappa shape index (κ2) is 15.3. The van der Waals surface area contributed by atoms with Gasteiger partial charge in [0.15, 0.2) is 5.82 Å². The molecule has 1 fully saturated rings. The maximum Gasteiger partial charge on any atom is 0.273 e. The molecule has 1 aromatic heterocycles. The van der Waals surface area contributed by atoms with Crippen molar-refractivity contribution in [1.82, 2.24) is 14.8 Å². The van der Waals surface area contributed by atoms with Gasteiger partial charge in [0.25, 0.3) is 17.4 Å². The lowest BCUT2D eigenvalue weighted by Crippen LogP contribution is -2.44. The van der Waals surface area contributed by atoms with E-state index in [4.69, 9.17) is 46.4 Å². The van der Waals surface area contributed by atoms with Crippen LogP contribution < -0.4 is 10.6 Å². The number of halogens is 4. The molecule has 1 unspecified atom stereocenters. The Morgan fingerprint density at radius 1 is 0.857 bits per heavy atom. The number of hydrazine groups is 1. The number of aromatic amines is 1. The van der Waals surface area contributed by atoms with E-state index in [1.54, 1.807) is 6.07 Å². The van der Waals surface area contributed by atoms with Crippen LogP contribution in [0.5, 0.6) is 0 Å². The summed E-state index contributed by atoms with van der Waals surface area (Å²) in [5, 5.41) is 4.97. The van der Waals surface area contributed by atoms with E-state index < -0.39 is 22.8 Å². The predicted octanol–water partition coefficient (Wildman–Crippen LogP) is 9.01. The Balaban J connectivity index is 1.54. The summed E-state index contributed by atoms with van der Waals surface area (Å²) in [5.74, 6) is -0.875. The number of hydrogen-bond acceptors (Lipinski definition) is 4. The molecular weight excluding hydrogens is 618 g/mol. The van der Waals surface area contributed by atoms with Gasteiger partial charge in [0.2, 0.25) is 0 Å². The molecule has 1 N–H and O–H groups in total. The molecule has 2 aromatic carbocycles. The number of nitrogens with zero attached hydrogens (tertiary/aromatic N) is 3. The molecular formula is C31H36Cl4N4O3. The summed E-state index contributed by atoms with van der Waals surface area (Å²) < 4.78 is 1.15. The highest BCUT2D eigenvalue weighted by atomic mass is 35.5. The zero-order valence-corrected chi connectivity index (χ0v) is 26.7. The van der Waals surface area contributed by atoms with Crippen LogP contribution >= 0.6 is 46.4 Å².